The minimum Gasteiger partial charge on any atom is -0.444 e. The quantitative estimate of drug-likeness (QED) is 0.379. The fourth-order valence-corrected chi connectivity index (χ4v) is 6.45. The van der Waals surface area contributed by atoms with E-state index in [-0.39, 0.29) is 18.2 Å². The number of amides is 1. The molecule has 0 N–H and O–H groups in total. The lowest BCUT2D eigenvalue weighted by Crippen LogP contribution is -2.50. The summed E-state index contributed by atoms with van der Waals surface area (Å²) < 4.78 is 56.2. The van der Waals surface area contributed by atoms with Crippen molar-refractivity contribution < 1.29 is 27.4 Å². The Morgan fingerprint density at radius 2 is 1.83 bits per heavy atom. The average molecular weight is 587 g/mol. The van der Waals surface area contributed by atoms with Crippen molar-refractivity contribution in [2.45, 2.75) is 83.2 Å². The van der Waals surface area contributed by atoms with E-state index in [0.29, 0.717) is 68.5 Å². The third-order valence-corrected chi connectivity index (χ3v) is 8.39. The molecule has 2 aromatic heterocycles. The summed E-state index contributed by atoms with van der Waals surface area (Å²) in [5.74, 6) is 0.438. The van der Waals surface area contributed by atoms with Gasteiger partial charge in [0.2, 0.25) is 0 Å². The normalized spacial score (nSPS) is 21.9. The molecule has 3 aliphatic rings. The van der Waals surface area contributed by atoms with Gasteiger partial charge in [-0.1, -0.05) is 0 Å². The highest BCUT2D eigenvalue weighted by atomic mass is 19.4. The van der Waals surface area contributed by atoms with Gasteiger partial charge >= 0.3 is 12.3 Å². The van der Waals surface area contributed by atoms with E-state index in [0.717, 1.165) is 36.3 Å². The van der Waals surface area contributed by atoms with Gasteiger partial charge < -0.3 is 19.3 Å². The van der Waals surface area contributed by atoms with E-state index in [2.05, 4.69) is 20.0 Å². The molecule has 2 unspecified atom stereocenters. The molecule has 2 fully saturated rings. The van der Waals surface area contributed by atoms with Crippen LogP contribution in [0.4, 0.5) is 23.8 Å². The maximum atomic E-state index is 14.4. The molecular weight excluding hydrogens is 549 g/mol. The number of anilines is 1. The summed E-state index contributed by atoms with van der Waals surface area (Å²) in [5.41, 5.74) is 1.54. The molecule has 12 heteroatoms. The second kappa shape index (κ2) is 11.0. The van der Waals surface area contributed by atoms with Gasteiger partial charge in [-0.25, -0.2) is 19.4 Å². The monoisotopic (exact) mass is 586 g/mol. The molecule has 42 heavy (non-hydrogen) atoms. The Morgan fingerprint density at radius 3 is 2.52 bits per heavy atom. The van der Waals surface area contributed by atoms with Crippen molar-refractivity contribution in [3.05, 3.63) is 47.0 Å². The number of carbonyl (C=O) groups is 1. The smallest absolute Gasteiger partial charge is 0.416 e. The van der Waals surface area contributed by atoms with Crippen molar-refractivity contribution in [3.8, 4) is 0 Å². The zero-order chi connectivity index (χ0) is 29.6. The summed E-state index contributed by atoms with van der Waals surface area (Å²) in [6.07, 6.45) is 2.24. The lowest BCUT2D eigenvalue weighted by atomic mass is 9.79. The molecule has 0 spiro atoms. The van der Waals surface area contributed by atoms with Gasteiger partial charge in [-0.2, -0.15) is 18.3 Å². The SMILES string of the molecule is CC(C)(C)OC(=O)N1CCN(c2ncnc3c2CCC(c2c(C(F)(F)F)ccc4c2cnn4C2CCCCO2)C3)CC1. The standard InChI is InChI=1S/C30H37F3N6O3/c1-29(2,3)42-28(40)38-13-11-37(12-14-38)27-20-8-7-19(16-23(20)34-18-35-27)26-21-17-36-39(25-6-4-5-15-41-25)24(21)10-9-22(26)30(31,32)33/h9-10,17-19,25H,4-8,11-16H2,1-3H3. The summed E-state index contributed by atoms with van der Waals surface area (Å²) in [6.45, 7) is 8.34. The van der Waals surface area contributed by atoms with Crippen LogP contribution < -0.4 is 4.90 Å². The molecule has 1 aliphatic carbocycles. The molecule has 0 radical (unpaired) electrons. The van der Waals surface area contributed by atoms with Crippen LogP contribution >= 0.6 is 0 Å². The predicted molar refractivity (Wildman–Crippen MR) is 150 cm³/mol. The molecule has 0 saturated carbocycles. The van der Waals surface area contributed by atoms with Crippen LogP contribution in [0.15, 0.2) is 24.7 Å². The number of fused-ring (bicyclic) bond motifs is 2. The second-order valence-corrected chi connectivity index (χ2v) is 12.4. The Labute approximate surface area is 243 Å². The molecule has 1 aromatic carbocycles. The van der Waals surface area contributed by atoms with E-state index >= 15 is 0 Å². The third kappa shape index (κ3) is 5.65. The fourth-order valence-electron chi connectivity index (χ4n) is 6.45. The Kier molecular flexibility index (Phi) is 7.53. The van der Waals surface area contributed by atoms with E-state index in [1.54, 1.807) is 15.8 Å². The van der Waals surface area contributed by atoms with E-state index < -0.39 is 17.3 Å². The van der Waals surface area contributed by atoms with E-state index in [9.17, 15) is 18.0 Å². The van der Waals surface area contributed by atoms with Gasteiger partial charge in [0.15, 0.2) is 6.23 Å². The first-order valence-electron chi connectivity index (χ1n) is 14.7. The fraction of sp³-hybridized carbons (Fsp3) is 0.600. The van der Waals surface area contributed by atoms with Crippen LogP contribution in [-0.4, -0.2) is 69.1 Å². The minimum absolute atomic E-state index is 0.265. The number of piperazine rings is 1. The molecule has 9 nitrogen and oxygen atoms in total. The Morgan fingerprint density at radius 1 is 1.05 bits per heavy atom. The van der Waals surface area contributed by atoms with Crippen molar-refractivity contribution in [2.24, 2.45) is 0 Å². The van der Waals surface area contributed by atoms with Gasteiger partial charge in [-0.15, -0.1) is 0 Å². The van der Waals surface area contributed by atoms with Crippen LogP contribution in [0.5, 0.6) is 0 Å². The number of aromatic nitrogens is 4. The number of rotatable bonds is 3. The molecule has 6 rings (SSSR count). The lowest BCUT2D eigenvalue weighted by molar-refractivity contribution is -0.138. The topological polar surface area (TPSA) is 85.6 Å². The second-order valence-electron chi connectivity index (χ2n) is 12.4. The molecule has 226 valence electrons. The number of halogens is 3. The highest BCUT2D eigenvalue weighted by molar-refractivity contribution is 5.85. The molecule has 2 atom stereocenters. The largest absolute Gasteiger partial charge is 0.444 e. The van der Waals surface area contributed by atoms with Gasteiger partial charge in [0.25, 0.3) is 0 Å². The van der Waals surface area contributed by atoms with Gasteiger partial charge in [0.05, 0.1) is 17.3 Å². The molecule has 1 amide bonds. The average Bonchev–Trinajstić information content (AvgIpc) is 3.39. The highest BCUT2D eigenvalue weighted by Crippen LogP contribution is 2.44. The number of hydrogen-bond acceptors (Lipinski definition) is 7. The number of alkyl halides is 3. The molecule has 4 heterocycles. The van der Waals surface area contributed by atoms with Crippen molar-refractivity contribution in [3.63, 3.8) is 0 Å². The van der Waals surface area contributed by atoms with Crippen molar-refractivity contribution in [1.82, 2.24) is 24.6 Å². The van der Waals surface area contributed by atoms with Crippen LogP contribution in [0, 0.1) is 0 Å². The predicted octanol–water partition coefficient (Wildman–Crippen LogP) is 5.87. The Bertz CT molecular complexity index is 1450. The first-order valence-corrected chi connectivity index (χ1v) is 14.7. The molecular formula is C30H37F3N6O3. The summed E-state index contributed by atoms with van der Waals surface area (Å²) >= 11 is 0. The molecule has 0 bridgehead atoms. The van der Waals surface area contributed by atoms with Crippen LogP contribution in [-0.2, 0) is 28.5 Å². The summed E-state index contributed by atoms with van der Waals surface area (Å²) in [6, 6.07) is 2.73. The van der Waals surface area contributed by atoms with Gasteiger partial charge in [0, 0.05) is 49.4 Å². The van der Waals surface area contributed by atoms with Crippen molar-refractivity contribution in [1.29, 1.82) is 0 Å². The van der Waals surface area contributed by atoms with Crippen molar-refractivity contribution >= 4 is 22.8 Å². The molecule has 2 aliphatic heterocycles. The van der Waals surface area contributed by atoms with Crippen LogP contribution in [0.2, 0.25) is 0 Å². The molecule has 2 saturated heterocycles. The van der Waals surface area contributed by atoms with E-state index in [1.807, 2.05) is 20.8 Å². The summed E-state index contributed by atoms with van der Waals surface area (Å²) in [5, 5.41) is 5.04. The van der Waals surface area contributed by atoms with Crippen LogP contribution in [0.25, 0.3) is 10.9 Å². The van der Waals surface area contributed by atoms with Crippen LogP contribution in [0.1, 0.15) is 81.0 Å². The van der Waals surface area contributed by atoms with Gasteiger partial charge in [-0.3, -0.25) is 0 Å². The van der Waals surface area contributed by atoms with E-state index in [4.69, 9.17) is 9.47 Å². The zero-order valence-electron chi connectivity index (χ0n) is 24.3. The summed E-state index contributed by atoms with van der Waals surface area (Å²) in [4.78, 5) is 25.5. The Hall–Kier alpha value is -3.41. The maximum Gasteiger partial charge on any atom is 0.416 e. The lowest BCUT2D eigenvalue weighted by Gasteiger charge is -2.37. The Balaban J connectivity index is 1.26. The van der Waals surface area contributed by atoms with Gasteiger partial charge in [0.1, 0.15) is 17.7 Å². The number of carbonyl (C=O) groups excluding carboxylic acids is 1. The maximum absolute atomic E-state index is 14.4. The number of ether oxygens (including phenoxy) is 2. The summed E-state index contributed by atoms with van der Waals surface area (Å²) in [7, 11) is 0. The van der Waals surface area contributed by atoms with Gasteiger partial charge in [-0.05, 0) is 82.9 Å². The van der Waals surface area contributed by atoms with E-state index in [1.165, 1.54) is 18.5 Å². The number of hydrogen-bond donors (Lipinski definition) is 0. The first kappa shape index (κ1) is 28.7. The molecule has 3 aromatic rings. The highest BCUT2D eigenvalue weighted by Gasteiger charge is 2.39. The van der Waals surface area contributed by atoms with Crippen molar-refractivity contribution in [2.75, 3.05) is 37.7 Å². The minimum atomic E-state index is -4.49. The third-order valence-electron chi connectivity index (χ3n) is 8.39. The van der Waals surface area contributed by atoms with Crippen LogP contribution in [0.3, 0.4) is 0 Å². The number of benzene rings is 1. The first-order chi connectivity index (χ1) is 20.0. The number of nitrogens with zero attached hydrogens (tertiary/aromatic N) is 6. The zero-order valence-corrected chi connectivity index (χ0v) is 24.3.